The van der Waals surface area contributed by atoms with Crippen LogP contribution in [0.1, 0.15) is 6.92 Å². The first kappa shape index (κ1) is 17.9. The first-order valence-electron chi connectivity index (χ1n) is 7.20. The lowest BCUT2D eigenvalue weighted by molar-refractivity contribution is -0.115. The third-order valence-corrected chi connectivity index (χ3v) is 4.29. The topological polar surface area (TPSA) is 101 Å². The number of amides is 1. The van der Waals surface area contributed by atoms with Crippen LogP contribution in [0.5, 0.6) is 17.2 Å². The summed E-state index contributed by atoms with van der Waals surface area (Å²) in [4.78, 5) is 11.0. The molecular weight excluding hydrogens is 332 g/mol. The quantitative estimate of drug-likeness (QED) is 0.719. The van der Waals surface area contributed by atoms with E-state index in [1.54, 1.807) is 33.5 Å². The highest BCUT2D eigenvalue weighted by atomic mass is 32.2. The number of benzene rings is 1. The minimum atomic E-state index is -0.403. The van der Waals surface area contributed by atoms with Crippen molar-refractivity contribution in [1.29, 1.82) is 0 Å². The molecule has 0 radical (unpaired) electrons. The molecule has 0 atom stereocenters. The number of nitrogens with two attached hydrogens (primary N) is 1. The molecule has 1 aromatic heterocycles. The number of carbonyl (C=O) groups excluding carboxylic acids is 1. The first-order valence-corrected chi connectivity index (χ1v) is 8.18. The van der Waals surface area contributed by atoms with Crippen molar-refractivity contribution in [3.8, 4) is 28.6 Å². The van der Waals surface area contributed by atoms with E-state index in [1.807, 2.05) is 11.5 Å². The summed E-state index contributed by atoms with van der Waals surface area (Å²) in [6, 6.07) is 3.61. The number of primary amides is 1. The third kappa shape index (κ3) is 3.56. The van der Waals surface area contributed by atoms with E-state index in [2.05, 4.69) is 10.2 Å². The van der Waals surface area contributed by atoms with Crippen LogP contribution in [-0.4, -0.2) is 47.8 Å². The molecule has 9 heteroatoms. The second kappa shape index (κ2) is 7.91. The maximum atomic E-state index is 11.0. The van der Waals surface area contributed by atoms with Gasteiger partial charge < -0.3 is 24.5 Å². The lowest BCUT2D eigenvalue weighted by Crippen LogP contribution is -2.13. The van der Waals surface area contributed by atoms with Gasteiger partial charge in [0.15, 0.2) is 22.5 Å². The molecule has 2 rings (SSSR count). The zero-order valence-electron chi connectivity index (χ0n) is 14.0. The Balaban J connectivity index is 2.50. The molecule has 2 aromatic rings. The number of hydrogen-bond acceptors (Lipinski definition) is 7. The molecule has 0 aliphatic carbocycles. The lowest BCUT2D eigenvalue weighted by atomic mass is 10.1. The van der Waals surface area contributed by atoms with Crippen LogP contribution in [0, 0.1) is 0 Å². The van der Waals surface area contributed by atoms with Gasteiger partial charge >= 0.3 is 0 Å². The number of thioether (sulfide) groups is 1. The Labute approximate surface area is 144 Å². The van der Waals surface area contributed by atoms with E-state index in [0.29, 0.717) is 34.8 Å². The Kier molecular flexibility index (Phi) is 5.91. The number of aromatic nitrogens is 3. The Morgan fingerprint density at radius 2 is 1.79 bits per heavy atom. The van der Waals surface area contributed by atoms with E-state index >= 15 is 0 Å². The standard InChI is InChI=1S/C15H20N4O4S/c1-5-19-14(17-18-15(19)24-8-12(16)20)9-6-10(21-2)13(23-4)11(7-9)22-3/h6-7H,5,8H2,1-4H3,(H2,16,20). The summed E-state index contributed by atoms with van der Waals surface area (Å²) in [5.41, 5.74) is 5.96. The molecule has 2 N–H and O–H groups in total. The summed E-state index contributed by atoms with van der Waals surface area (Å²) >= 11 is 1.25. The molecule has 1 heterocycles. The van der Waals surface area contributed by atoms with E-state index in [9.17, 15) is 4.79 Å². The normalized spacial score (nSPS) is 10.5. The number of rotatable bonds is 8. The third-order valence-electron chi connectivity index (χ3n) is 3.30. The molecule has 0 bridgehead atoms. The molecule has 0 fully saturated rings. The molecule has 0 unspecified atom stereocenters. The number of ether oxygens (including phenoxy) is 3. The zero-order valence-corrected chi connectivity index (χ0v) is 14.8. The van der Waals surface area contributed by atoms with Gasteiger partial charge in [-0.25, -0.2) is 0 Å². The minimum absolute atomic E-state index is 0.146. The average molecular weight is 352 g/mol. The van der Waals surface area contributed by atoms with Crippen molar-refractivity contribution < 1.29 is 19.0 Å². The number of nitrogens with zero attached hydrogens (tertiary/aromatic N) is 3. The summed E-state index contributed by atoms with van der Waals surface area (Å²) in [7, 11) is 4.66. The van der Waals surface area contributed by atoms with Crippen LogP contribution in [-0.2, 0) is 11.3 Å². The van der Waals surface area contributed by atoms with Gasteiger partial charge in [0, 0.05) is 12.1 Å². The van der Waals surface area contributed by atoms with Crippen molar-refractivity contribution >= 4 is 17.7 Å². The summed E-state index contributed by atoms with van der Waals surface area (Å²) in [6.07, 6.45) is 0. The predicted octanol–water partition coefficient (Wildman–Crippen LogP) is 1.57. The largest absolute Gasteiger partial charge is 0.493 e. The lowest BCUT2D eigenvalue weighted by Gasteiger charge is -2.14. The van der Waals surface area contributed by atoms with Crippen LogP contribution in [0.3, 0.4) is 0 Å². The highest BCUT2D eigenvalue weighted by Gasteiger charge is 2.19. The van der Waals surface area contributed by atoms with Crippen molar-refractivity contribution in [2.45, 2.75) is 18.6 Å². The van der Waals surface area contributed by atoms with Crippen molar-refractivity contribution in [3.05, 3.63) is 12.1 Å². The Morgan fingerprint density at radius 1 is 1.17 bits per heavy atom. The van der Waals surface area contributed by atoms with Crippen LogP contribution in [0.25, 0.3) is 11.4 Å². The van der Waals surface area contributed by atoms with Crippen molar-refractivity contribution in [2.75, 3.05) is 27.1 Å². The van der Waals surface area contributed by atoms with Crippen molar-refractivity contribution in [3.63, 3.8) is 0 Å². The smallest absolute Gasteiger partial charge is 0.227 e. The zero-order chi connectivity index (χ0) is 17.7. The molecule has 0 saturated carbocycles. The molecule has 8 nitrogen and oxygen atoms in total. The van der Waals surface area contributed by atoms with Gasteiger partial charge in [-0.15, -0.1) is 10.2 Å². The number of methoxy groups -OCH3 is 3. The van der Waals surface area contributed by atoms with Crippen LogP contribution < -0.4 is 19.9 Å². The molecule has 0 spiro atoms. The van der Waals surface area contributed by atoms with E-state index in [1.165, 1.54) is 11.8 Å². The molecule has 0 aliphatic heterocycles. The van der Waals surface area contributed by atoms with Crippen LogP contribution in [0.15, 0.2) is 17.3 Å². The van der Waals surface area contributed by atoms with Gasteiger partial charge in [-0.1, -0.05) is 11.8 Å². The van der Waals surface area contributed by atoms with E-state index < -0.39 is 5.91 Å². The Bertz CT molecular complexity index is 707. The fourth-order valence-electron chi connectivity index (χ4n) is 2.24. The molecule has 24 heavy (non-hydrogen) atoms. The van der Waals surface area contributed by atoms with Gasteiger partial charge in [0.25, 0.3) is 0 Å². The molecule has 130 valence electrons. The van der Waals surface area contributed by atoms with Crippen molar-refractivity contribution in [2.24, 2.45) is 5.73 Å². The van der Waals surface area contributed by atoms with Gasteiger partial charge in [-0.05, 0) is 19.1 Å². The molecule has 0 saturated heterocycles. The molecular formula is C15H20N4O4S. The summed E-state index contributed by atoms with van der Waals surface area (Å²) in [5.74, 6) is 1.96. The summed E-state index contributed by atoms with van der Waals surface area (Å²) in [5, 5.41) is 9.00. The molecule has 1 amide bonds. The summed E-state index contributed by atoms with van der Waals surface area (Å²) in [6.45, 7) is 2.61. The highest BCUT2D eigenvalue weighted by Crippen LogP contribution is 2.41. The second-order valence-electron chi connectivity index (χ2n) is 4.72. The van der Waals surface area contributed by atoms with Crippen LogP contribution in [0.4, 0.5) is 0 Å². The Morgan fingerprint density at radius 3 is 2.25 bits per heavy atom. The monoisotopic (exact) mass is 352 g/mol. The fraction of sp³-hybridized carbons (Fsp3) is 0.400. The predicted molar refractivity (Wildman–Crippen MR) is 90.7 cm³/mol. The molecule has 0 aliphatic rings. The van der Waals surface area contributed by atoms with E-state index in [-0.39, 0.29) is 5.75 Å². The van der Waals surface area contributed by atoms with Crippen LogP contribution >= 0.6 is 11.8 Å². The minimum Gasteiger partial charge on any atom is -0.493 e. The fourth-order valence-corrected chi connectivity index (χ4v) is 2.98. The van der Waals surface area contributed by atoms with Gasteiger partial charge in [-0.2, -0.15) is 0 Å². The number of hydrogen-bond donors (Lipinski definition) is 1. The Hall–Kier alpha value is -2.42. The maximum Gasteiger partial charge on any atom is 0.227 e. The second-order valence-corrected chi connectivity index (χ2v) is 5.66. The summed E-state index contributed by atoms with van der Waals surface area (Å²) < 4.78 is 18.0. The maximum absolute atomic E-state index is 11.0. The van der Waals surface area contributed by atoms with E-state index in [4.69, 9.17) is 19.9 Å². The van der Waals surface area contributed by atoms with E-state index in [0.717, 1.165) is 5.56 Å². The molecule has 1 aromatic carbocycles. The van der Waals surface area contributed by atoms with Crippen LogP contribution in [0.2, 0.25) is 0 Å². The SMILES string of the molecule is CCn1c(SCC(N)=O)nnc1-c1cc(OC)c(OC)c(OC)c1. The average Bonchev–Trinajstić information content (AvgIpc) is 3.01. The van der Waals surface area contributed by atoms with Gasteiger partial charge in [0.05, 0.1) is 27.1 Å². The van der Waals surface area contributed by atoms with Gasteiger partial charge in [0.2, 0.25) is 11.7 Å². The van der Waals surface area contributed by atoms with Gasteiger partial charge in [-0.3, -0.25) is 4.79 Å². The highest BCUT2D eigenvalue weighted by molar-refractivity contribution is 7.99. The van der Waals surface area contributed by atoms with Gasteiger partial charge in [0.1, 0.15) is 0 Å². The number of carbonyl (C=O) groups is 1. The van der Waals surface area contributed by atoms with Crippen molar-refractivity contribution in [1.82, 2.24) is 14.8 Å². The first-order chi connectivity index (χ1) is 11.5.